The monoisotopic (exact) mass is 297 g/mol. The van der Waals surface area contributed by atoms with Crippen molar-refractivity contribution in [1.82, 2.24) is 5.06 Å². The summed E-state index contributed by atoms with van der Waals surface area (Å²) in [5.41, 5.74) is 0.788. The van der Waals surface area contributed by atoms with E-state index in [-0.39, 0.29) is 12.0 Å². The van der Waals surface area contributed by atoms with Gasteiger partial charge in [-0.15, -0.1) is 5.06 Å². The number of carbonyl (C=O) groups is 1. The van der Waals surface area contributed by atoms with Crippen LogP contribution in [0.2, 0.25) is 0 Å². The summed E-state index contributed by atoms with van der Waals surface area (Å²) in [6.07, 6.45) is 0. The summed E-state index contributed by atoms with van der Waals surface area (Å²) >= 11 is 0. The molecule has 0 aliphatic carbocycles. The van der Waals surface area contributed by atoms with Gasteiger partial charge in [0.25, 0.3) is 0 Å². The Morgan fingerprint density at radius 2 is 1.62 bits per heavy atom. The summed E-state index contributed by atoms with van der Waals surface area (Å²) in [5.74, 6) is 1.50. The lowest BCUT2D eigenvalue weighted by atomic mass is 10.1. The van der Waals surface area contributed by atoms with Crippen molar-refractivity contribution in [1.29, 1.82) is 0 Å². The second-order valence-electron chi connectivity index (χ2n) is 4.76. The van der Waals surface area contributed by atoms with Crippen LogP contribution in [0.3, 0.4) is 0 Å². The Balaban J connectivity index is 3.17. The van der Waals surface area contributed by atoms with Gasteiger partial charge in [-0.05, 0) is 13.8 Å². The Kier molecular flexibility index (Phi) is 6.30. The molecule has 0 bridgehead atoms. The Bertz CT molecular complexity index is 462. The quantitative estimate of drug-likeness (QED) is 0.720. The molecule has 0 aromatic heterocycles. The predicted octanol–water partition coefficient (Wildman–Crippen LogP) is 2.40. The van der Waals surface area contributed by atoms with Crippen LogP contribution in [0.1, 0.15) is 26.3 Å². The summed E-state index contributed by atoms with van der Waals surface area (Å²) in [6.45, 7) is 5.60. The first-order valence-corrected chi connectivity index (χ1v) is 6.67. The second kappa shape index (κ2) is 7.73. The van der Waals surface area contributed by atoms with Gasteiger partial charge in [0.1, 0.15) is 17.2 Å². The summed E-state index contributed by atoms with van der Waals surface area (Å²) in [4.78, 5) is 16.4. The average molecular weight is 297 g/mol. The molecule has 0 radical (unpaired) electrons. The number of rotatable bonds is 7. The molecule has 0 saturated carbocycles. The Morgan fingerprint density at radius 1 is 1.10 bits per heavy atom. The Hall–Kier alpha value is -1.95. The molecule has 0 amide bonds. The lowest BCUT2D eigenvalue weighted by molar-refractivity contribution is -0.200. The molecule has 1 aromatic carbocycles. The average Bonchev–Trinajstić information content (AvgIpc) is 2.45. The SMILES string of the molecule is COc1cc(OC)c(CN(OC(C)=O)C(C)C)c(OC)c1. The molecule has 0 N–H and O–H groups in total. The first-order valence-electron chi connectivity index (χ1n) is 6.67. The second-order valence-corrected chi connectivity index (χ2v) is 4.76. The third-order valence-corrected chi connectivity index (χ3v) is 2.95. The van der Waals surface area contributed by atoms with Gasteiger partial charge in [0.05, 0.1) is 33.4 Å². The minimum absolute atomic E-state index is 0.0189. The van der Waals surface area contributed by atoms with Crippen LogP contribution in [-0.4, -0.2) is 38.4 Å². The van der Waals surface area contributed by atoms with E-state index in [0.29, 0.717) is 23.8 Å². The van der Waals surface area contributed by atoms with Crippen molar-refractivity contribution >= 4 is 5.97 Å². The van der Waals surface area contributed by atoms with Crippen LogP contribution in [-0.2, 0) is 16.2 Å². The third-order valence-electron chi connectivity index (χ3n) is 2.95. The van der Waals surface area contributed by atoms with Gasteiger partial charge in [-0.2, -0.15) is 0 Å². The summed E-state index contributed by atoms with van der Waals surface area (Å²) in [7, 11) is 4.72. The van der Waals surface area contributed by atoms with Crippen LogP contribution < -0.4 is 14.2 Å². The predicted molar refractivity (Wildman–Crippen MR) is 78.5 cm³/mol. The molecular formula is C15H23NO5. The van der Waals surface area contributed by atoms with Crippen LogP contribution in [0.5, 0.6) is 17.2 Å². The van der Waals surface area contributed by atoms with E-state index in [1.54, 1.807) is 38.5 Å². The molecule has 0 atom stereocenters. The maximum Gasteiger partial charge on any atom is 0.322 e. The van der Waals surface area contributed by atoms with E-state index >= 15 is 0 Å². The molecule has 0 saturated heterocycles. The molecule has 1 rings (SSSR count). The molecule has 0 aliphatic rings. The van der Waals surface area contributed by atoms with E-state index in [2.05, 4.69) is 0 Å². The van der Waals surface area contributed by atoms with Crippen LogP contribution in [0.4, 0.5) is 0 Å². The van der Waals surface area contributed by atoms with Gasteiger partial charge in [0, 0.05) is 25.1 Å². The molecule has 6 nitrogen and oxygen atoms in total. The topological polar surface area (TPSA) is 57.2 Å². The van der Waals surface area contributed by atoms with Crippen LogP contribution in [0, 0.1) is 0 Å². The van der Waals surface area contributed by atoms with E-state index in [1.165, 1.54) is 6.92 Å². The van der Waals surface area contributed by atoms with Crippen molar-refractivity contribution in [3.8, 4) is 17.2 Å². The normalized spacial score (nSPS) is 10.7. The van der Waals surface area contributed by atoms with E-state index in [1.807, 2.05) is 13.8 Å². The van der Waals surface area contributed by atoms with Crippen LogP contribution in [0.15, 0.2) is 12.1 Å². The number of hydrogen-bond acceptors (Lipinski definition) is 6. The van der Waals surface area contributed by atoms with Gasteiger partial charge in [0.2, 0.25) is 0 Å². The van der Waals surface area contributed by atoms with Crippen LogP contribution in [0.25, 0.3) is 0 Å². The summed E-state index contributed by atoms with van der Waals surface area (Å²) in [6, 6.07) is 3.55. The molecular weight excluding hydrogens is 274 g/mol. The maximum atomic E-state index is 11.2. The van der Waals surface area contributed by atoms with E-state index in [4.69, 9.17) is 19.0 Å². The Labute approximate surface area is 125 Å². The molecule has 0 heterocycles. The first-order chi connectivity index (χ1) is 9.92. The number of benzene rings is 1. The molecule has 21 heavy (non-hydrogen) atoms. The third kappa shape index (κ3) is 4.53. The fourth-order valence-corrected chi connectivity index (χ4v) is 1.87. The zero-order valence-electron chi connectivity index (χ0n) is 13.4. The number of nitrogens with zero attached hydrogens (tertiary/aromatic N) is 1. The van der Waals surface area contributed by atoms with E-state index in [0.717, 1.165) is 5.56 Å². The minimum Gasteiger partial charge on any atom is -0.496 e. The van der Waals surface area contributed by atoms with Crippen molar-refractivity contribution in [3.05, 3.63) is 17.7 Å². The number of hydrogen-bond donors (Lipinski definition) is 0. The Morgan fingerprint density at radius 3 is 1.95 bits per heavy atom. The molecule has 0 unspecified atom stereocenters. The molecule has 0 spiro atoms. The zero-order chi connectivity index (χ0) is 16.0. The molecule has 118 valence electrons. The standard InChI is InChI=1S/C15H23NO5/c1-10(2)16(21-11(3)17)9-13-14(19-5)7-12(18-4)8-15(13)20-6/h7-8,10H,9H2,1-6H3. The number of hydroxylamine groups is 2. The van der Waals surface area contributed by atoms with Gasteiger partial charge >= 0.3 is 5.97 Å². The largest absolute Gasteiger partial charge is 0.496 e. The number of methoxy groups -OCH3 is 3. The lowest BCUT2D eigenvalue weighted by Crippen LogP contribution is -2.32. The van der Waals surface area contributed by atoms with Crippen molar-refractivity contribution < 1.29 is 23.8 Å². The maximum absolute atomic E-state index is 11.2. The molecule has 6 heteroatoms. The number of ether oxygens (including phenoxy) is 3. The van der Waals surface area contributed by atoms with Gasteiger partial charge in [-0.25, -0.2) is 0 Å². The first kappa shape index (κ1) is 17.1. The molecule has 1 aromatic rings. The fourth-order valence-electron chi connectivity index (χ4n) is 1.87. The van der Waals surface area contributed by atoms with E-state index in [9.17, 15) is 4.79 Å². The smallest absolute Gasteiger partial charge is 0.322 e. The molecule has 0 fully saturated rings. The summed E-state index contributed by atoms with van der Waals surface area (Å²) in [5, 5.41) is 1.58. The van der Waals surface area contributed by atoms with Crippen LogP contribution >= 0.6 is 0 Å². The van der Waals surface area contributed by atoms with Gasteiger partial charge in [-0.3, -0.25) is 4.79 Å². The van der Waals surface area contributed by atoms with Crippen molar-refractivity contribution in [3.63, 3.8) is 0 Å². The zero-order valence-corrected chi connectivity index (χ0v) is 13.4. The van der Waals surface area contributed by atoms with Crippen molar-refractivity contribution in [2.45, 2.75) is 33.4 Å². The highest BCUT2D eigenvalue weighted by molar-refractivity contribution is 5.65. The van der Waals surface area contributed by atoms with Crippen molar-refractivity contribution in [2.24, 2.45) is 0 Å². The highest BCUT2D eigenvalue weighted by Crippen LogP contribution is 2.35. The molecule has 0 aliphatic heterocycles. The van der Waals surface area contributed by atoms with E-state index < -0.39 is 0 Å². The van der Waals surface area contributed by atoms with Gasteiger partial charge < -0.3 is 19.0 Å². The van der Waals surface area contributed by atoms with Gasteiger partial charge in [0.15, 0.2) is 0 Å². The minimum atomic E-state index is -0.366. The highest BCUT2D eigenvalue weighted by atomic mass is 16.7. The van der Waals surface area contributed by atoms with Gasteiger partial charge in [-0.1, -0.05) is 0 Å². The fraction of sp³-hybridized carbons (Fsp3) is 0.533. The number of carbonyl (C=O) groups excluding carboxylic acids is 1. The lowest BCUT2D eigenvalue weighted by Gasteiger charge is -2.26. The summed E-state index contributed by atoms with van der Waals surface area (Å²) < 4.78 is 16.0. The highest BCUT2D eigenvalue weighted by Gasteiger charge is 2.20. The van der Waals surface area contributed by atoms with Crippen molar-refractivity contribution in [2.75, 3.05) is 21.3 Å².